The molecule has 4 heteroatoms. The van der Waals surface area contributed by atoms with Gasteiger partial charge >= 0.3 is 0 Å². The Balaban J connectivity index is 1.71. The van der Waals surface area contributed by atoms with E-state index in [1.807, 2.05) is 24.3 Å². The molecule has 19 heavy (non-hydrogen) atoms. The van der Waals surface area contributed by atoms with E-state index in [1.54, 1.807) is 7.11 Å². The molecule has 2 atom stereocenters. The average Bonchev–Trinajstić information content (AvgIpc) is 2.43. The monoisotopic (exact) mass is 265 g/mol. The Labute approximate surface area is 114 Å². The Morgan fingerprint density at radius 3 is 2.58 bits per heavy atom. The number of hydrogen-bond acceptors (Lipinski definition) is 4. The molecule has 1 saturated heterocycles. The van der Waals surface area contributed by atoms with E-state index in [4.69, 9.17) is 9.47 Å². The molecule has 4 nitrogen and oxygen atoms in total. The smallest absolute Gasteiger partial charge is 0.119 e. The van der Waals surface area contributed by atoms with Gasteiger partial charge in [0.05, 0.1) is 13.2 Å². The Kier molecular flexibility index (Phi) is 5.05. The highest BCUT2D eigenvalue weighted by Crippen LogP contribution is 2.18. The van der Waals surface area contributed by atoms with E-state index in [-0.39, 0.29) is 6.10 Å². The Morgan fingerprint density at radius 1 is 1.26 bits per heavy atom. The van der Waals surface area contributed by atoms with E-state index in [0.717, 1.165) is 37.6 Å². The number of aliphatic hydroxyl groups excluding tert-OH is 1. The van der Waals surface area contributed by atoms with Crippen LogP contribution >= 0.6 is 0 Å². The van der Waals surface area contributed by atoms with Crippen molar-refractivity contribution in [2.75, 3.05) is 33.4 Å². The van der Waals surface area contributed by atoms with E-state index in [1.165, 1.54) is 0 Å². The van der Waals surface area contributed by atoms with Crippen LogP contribution in [0, 0.1) is 5.92 Å². The number of aliphatic hydroxyl groups is 1. The largest absolute Gasteiger partial charge is 0.497 e. The van der Waals surface area contributed by atoms with Crippen molar-refractivity contribution in [2.24, 2.45) is 5.92 Å². The molecule has 1 heterocycles. The predicted octanol–water partition coefficient (Wildman–Crippen LogP) is 1.78. The maximum absolute atomic E-state index is 9.68. The summed E-state index contributed by atoms with van der Waals surface area (Å²) in [5.41, 5.74) is 0. The van der Waals surface area contributed by atoms with Crippen molar-refractivity contribution < 1.29 is 14.6 Å². The standard InChI is InChI=1S/C15H23NO3/c1-12-11-16(8-7-15(12)17)9-10-19-14-5-3-13(18-2)4-6-14/h3-6,12,15,17H,7-11H2,1-2H3. The summed E-state index contributed by atoms with van der Waals surface area (Å²) < 4.78 is 10.8. The zero-order valence-corrected chi connectivity index (χ0v) is 11.7. The first-order valence-electron chi connectivity index (χ1n) is 6.86. The van der Waals surface area contributed by atoms with Gasteiger partial charge in [-0.05, 0) is 36.6 Å². The van der Waals surface area contributed by atoms with Gasteiger partial charge in [0.1, 0.15) is 18.1 Å². The minimum Gasteiger partial charge on any atom is -0.497 e. The lowest BCUT2D eigenvalue weighted by Gasteiger charge is -2.34. The number of nitrogens with zero attached hydrogens (tertiary/aromatic N) is 1. The molecule has 106 valence electrons. The molecule has 0 radical (unpaired) electrons. The number of ether oxygens (including phenoxy) is 2. The quantitative estimate of drug-likeness (QED) is 0.881. The fraction of sp³-hybridized carbons (Fsp3) is 0.600. The number of likely N-dealkylation sites (tertiary alicyclic amines) is 1. The van der Waals surface area contributed by atoms with E-state index in [2.05, 4.69) is 11.8 Å². The summed E-state index contributed by atoms with van der Waals surface area (Å²) in [5.74, 6) is 2.06. The van der Waals surface area contributed by atoms with Crippen LogP contribution in [0.1, 0.15) is 13.3 Å². The van der Waals surface area contributed by atoms with Gasteiger partial charge in [-0.2, -0.15) is 0 Å². The number of piperidine rings is 1. The van der Waals surface area contributed by atoms with E-state index >= 15 is 0 Å². The molecule has 0 spiro atoms. The molecule has 1 aromatic carbocycles. The minimum atomic E-state index is -0.140. The van der Waals surface area contributed by atoms with Crippen molar-refractivity contribution >= 4 is 0 Å². The fourth-order valence-electron chi connectivity index (χ4n) is 2.39. The van der Waals surface area contributed by atoms with Crippen LogP contribution in [-0.4, -0.2) is 49.5 Å². The Morgan fingerprint density at radius 2 is 1.95 bits per heavy atom. The van der Waals surface area contributed by atoms with Crippen molar-refractivity contribution in [3.05, 3.63) is 24.3 Å². The molecule has 1 N–H and O–H groups in total. The molecule has 0 aromatic heterocycles. The maximum Gasteiger partial charge on any atom is 0.119 e. The lowest BCUT2D eigenvalue weighted by Crippen LogP contribution is -2.43. The third-order valence-corrected chi connectivity index (χ3v) is 3.68. The normalized spacial score (nSPS) is 24.2. The van der Waals surface area contributed by atoms with Gasteiger partial charge in [0.25, 0.3) is 0 Å². The van der Waals surface area contributed by atoms with Gasteiger partial charge in [-0.1, -0.05) is 6.92 Å². The highest BCUT2D eigenvalue weighted by Gasteiger charge is 2.23. The van der Waals surface area contributed by atoms with Crippen molar-refractivity contribution in [3.63, 3.8) is 0 Å². The van der Waals surface area contributed by atoms with Crippen molar-refractivity contribution in [3.8, 4) is 11.5 Å². The van der Waals surface area contributed by atoms with Gasteiger partial charge in [-0.15, -0.1) is 0 Å². The minimum absolute atomic E-state index is 0.140. The Hall–Kier alpha value is -1.26. The summed E-state index contributed by atoms with van der Waals surface area (Å²) in [5, 5.41) is 9.68. The van der Waals surface area contributed by atoms with Crippen LogP contribution in [0.4, 0.5) is 0 Å². The topological polar surface area (TPSA) is 41.9 Å². The summed E-state index contributed by atoms with van der Waals surface area (Å²) >= 11 is 0. The number of benzene rings is 1. The number of hydrogen-bond donors (Lipinski definition) is 1. The van der Waals surface area contributed by atoms with Crippen molar-refractivity contribution in [1.82, 2.24) is 4.90 Å². The molecule has 1 aliphatic rings. The lowest BCUT2D eigenvalue weighted by atomic mass is 9.97. The van der Waals surface area contributed by atoms with Gasteiger partial charge < -0.3 is 14.6 Å². The highest BCUT2D eigenvalue weighted by molar-refractivity contribution is 5.31. The van der Waals surface area contributed by atoms with Crippen molar-refractivity contribution in [2.45, 2.75) is 19.4 Å². The van der Waals surface area contributed by atoms with E-state index in [0.29, 0.717) is 12.5 Å². The second-order valence-electron chi connectivity index (χ2n) is 5.16. The third-order valence-electron chi connectivity index (χ3n) is 3.68. The van der Waals surface area contributed by atoms with Gasteiger partial charge in [0.15, 0.2) is 0 Å². The zero-order valence-electron chi connectivity index (χ0n) is 11.7. The van der Waals surface area contributed by atoms with Gasteiger partial charge in [0.2, 0.25) is 0 Å². The molecule has 2 unspecified atom stereocenters. The first-order chi connectivity index (χ1) is 9.19. The fourth-order valence-corrected chi connectivity index (χ4v) is 2.39. The molecular formula is C15H23NO3. The SMILES string of the molecule is COc1ccc(OCCN2CCC(O)C(C)C2)cc1. The van der Waals surface area contributed by atoms with Crippen LogP contribution in [0.15, 0.2) is 24.3 Å². The average molecular weight is 265 g/mol. The third kappa shape index (κ3) is 4.11. The van der Waals surface area contributed by atoms with Crippen LogP contribution in [0.25, 0.3) is 0 Å². The number of methoxy groups -OCH3 is 1. The summed E-state index contributed by atoms with van der Waals surface area (Å²) in [4.78, 5) is 2.35. The first-order valence-corrected chi connectivity index (χ1v) is 6.86. The Bertz CT molecular complexity index is 379. The van der Waals surface area contributed by atoms with Gasteiger partial charge in [0, 0.05) is 19.6 Å². The first kappa shape index (κ1) is 14.2. The van der Waals surface area contributed by atoms with Crippen LogP contribution < -0.4 is 9.47 Å². The molecule has 0 amide bonds. The van der Waals surface area contributed by atoms with Crippen molar-refractivity contribution in [1.29, 1.82) is 0 Å². The lowest BCUT2D eigenvalue weighted by molar-refractivity contribution is 0.0304. The van der Waals surface area contributed by atoms with Crippen LogP contribution in [0.5, 0.6) is 11.5 Å². The molecule has 1 aromatic rings. The summed E-state index contributed by atoms with van der Waals surface area (Å²) in [6, 6.07) is 7.63. The molecule has 1 fully saturated rings. The van der Waals surface area contributed by atoms with E-state index < -0.39 is 0 Å². The summed E-state index contributed by atoms with van der Waals surface area (Å²) in [6.45, 7) is 5.59. The zero-order chi connectivity index (χ0) is 13.7. The summed E-state index contributed by atoms with van der Waals surface area (Å²) in [6.07, 6.45) is 0.725. The molecular weight excluding hydrogens is 242 g/mol. The highest BCUT2D eigenvalue weighted by atomic mass is 16.5. The second kappa shape index (κ2) is 6.78. The van der Waals surface area contributed by atoms with Crippen LogP contribution in [0.3, 0.4) is 0 Å². The molecule has 0 aliphatic carbocycles. The maximum atomic E-state index is 9.68. The van der Waals surface area contributed by atoms with Crippen LogP contribution in [0.2, 0.25) is 0 Å². The van der Waals surface area contributed by atoms with Gasteiger partial charge in [-0.25, -0.2) is 0 Å². The van der Waals surface area contributed by atoms with E-state index in [9.17, 15) is 5.11 Å². The molecule has 2 rings (SSSR count). The van der Waals surface area contributed by atoms with Crippen LogP contribution in [-0.2, 0) is 0 Å². The molecule has 0 bridgehead atoms. The van der Waals surface area contributed by atoms with Gasteiger partial charge in [-0.3, -0.25) is 4.90 Å². The second-order valence-corrected chi connectivity index (χ2v) is 5.16. The molecule has 1 aliphatic heterocycles. The molecule has 0 saturated carbocycles. The predicted molar refractivity (Wildman–Crippen MR) is 74.7 cm³/mol. The summed E-state index contributed by atoms with van der Waals surface area (Å²) in [7, 11) is 1.65. The number of rotatable bonds is 5.